The van der Waals surface area contributed by atoms with E-state index in [2.05, 4.69) is 38.0 Å². The molecular formula is C22H34N4O2. The zero-order valence-electron chi connectivity index (χ0n) is 18.0. The molecule has 0 bridgehead atoms. The van der Waals surface area contributed by atoms with E-state index in [0.717, 1.165) is 24.1 Å². The van der Waals surface area contributed by atoms with Crippen molar-refractivity contribution >= 4 is 22.8 Å². The molecule has 0 aliphatic rings. The number of rotatable bonds is 9. The van der Waals surface area contributed by atoms with Crippen LogP contribution in [0.15, 0.2) is 24.3 Å². The Balaban J connectivity index is 2.28. The summed E-state index contributed by atoms with van der Waals surface area (Å²) in [5, 5.41) is 2.92. The summed E-state index contributed by atoms with van der Waals surface area (Å²) in [6.45, 7) is 14.2. The first-order valence-electron chi connectivity index (χ1n) is 10.2. The number of fused-ring (bicyclic) bond motifs is 1. The van der Waals surface area contributed by atoms with E-state index in [9.17, 15) is 9.59 Å². The Morgan fingerprint density at radius 2 is 1.64 bits per heavy atom. The van der Waals surface area contributed by atoms with Gasteiger partial charge in [0, 0.05) is 19.0 Å². The van der Waals surface area contributed by atoms with Crippen molar-refractivity contribution in [1.82, 2.24) is 19.8 Å². The van der Waals surface area contributed by atoms with Crippen molar-refractivity contribution in [2.24, 2.45) is 17.8 Å². The van der Waals surface area contributed by atoms with E-state index >= 15 is 0 Å². The van der Waals surface area contributed by atoms with E-state index in [0.29, 0.717) is 24.2 Å². The van der Waals surface area contributed by atoms with E-state index in [4.69, 9.17) is 0 Å². The van der Waals surface area contributed by atoms with Crippen LogP contribution in [0.5, 0.6) is 0 Å². The predicted molar refractivity (Wildman–Crippen MR) is 113 cm³/mol. The summed E-state index contributed by atoms with van der Waals surface area (Å²) < 4.78 is 1.94. The standard InChI is InChI=1S/C22H34N4O2/c1-15(2)12-25(13-16(3)4)21(27)14-26-19-10-8-7-9-18(19)24-20(26)11-23-22(28)17(5)6/h7-10,15-17H,11-14H2,1-6H3,(H,23,28). The summed E-state index contributed by atoms with van der Waals surface area (Å²) >= 11 is 0. The topological polar surface area (TPSA) is 67.2 Å². The van der Waals surface area contributed by atoms with Gasteiger partial charge in [0.25, 0.3) is 0 Å². The third kappa shape index (κ3) is 5.81. The van der Waals surface area contributed by atoms with Crippen LogP contribution in [0, 0.1) is 17.8 Å². The minimum Gasteiger partial charge on any atom is -0.349 e. The monoisotopic (exact) mass is 386 g/mol. The second-order valence-electron chi connectivity index (χ2n) is 8.56. The molecule has 0 aliphatic carbocycles. The molecule has 6 nitrogen and oxygen atoms in total. The zero-order valence-corrected chi connectivity index (χ0v) is 18.0. The fourth-order valence-corrected chi connectivity index (χ4v) is 3.20. The fraction of sp³-hybridized carbons (Fsp3) is 0.591. The Morgan fingerprint density at radius 1 is 1.04 bits per heavy atom. The summed E-state index contributed by atoms with van der Waals surface area (Å²) in [6, 6.07) is 7.78. The average molecular weight is 387 g/mol. The van der Waals surface area contributed by atoms with E-state index in [1.54, 1.807) is 0 Å². The van der Waals surface area contributed by atoms with Gasteiger partial charge >= 0.3 is 0 Å². The molecular weight excluding hydrogens is 352 g/mol. The van der Waals surface area contributed by atoms with Gasteiger partial charge in [0.2, 0.25) is 11.8 Å². The van der Waals surface area contributed by atoms with Gasteiger partial charge in [-0.1, -0.05) is 53.7 Å². The van der Waals surface area contributed by atoms with Gasteiger partial charge in [0.05, 0.1) is 17.6 Å². The summed E-state index contributed by atoms with van der Waals surface area (Å²) in [4.78, 5) is 31.7. The number of carbonyl (C=O) groups is 2. The number of nitrogens with one attached hydrogen (secondary N) is 1. The van der Waals surface area contributed by atoms with E-state index in [1.165, 1.54) is 0 Å². The van der Waals surface area contributed by atoms with Crippen LogP contribution >= 0.6 is 0 Å². The first-order chi connectivity index (χ1) is 13.2. The maximum absolute atomic E-state index is 13.1. The quantitative estimate of drug-likeness (QED) is 0.718. The highest BCUT2D eigenvalue weighted by Crippen LogP contribution is 2.17. The minimum atomic E-state index is -0.0907. The largest absolute Gasteiger partial charge is 0.349 e. The third-order valence-electron chi connectivity index (χ3n) is 4.50. The maximum atomic E-state index is 13.1. The van der Waals surface area contributed by atoms with Crippen molar-refractivity contribution in [3.63, 3.8) is 0 Å². The van der Waals surface area contributed by atoms with Crippen molar-refractivity contribution in [2.75, 3.05) is 13.1 Å². The van der Waals surface area contributed by atoms with Crippen LogP contribution in [0.4, 0.5) is 0 Å². The van der Waals surface area contributed by atoms with Crippen LogP contribution in [0.2, 0.25) is 0 Å². The molecule has 0 unspecified atom stereocenters. The average Bonchev–Trinajstić information content (AvgIpc) is 2.95. The number of benzene rings is 1. The summed E-state index contributed by atoms with van der Waals surface area (Å²) in [6.07, 6.45) is 0. The molecule has 1 aromatic carbocycles. The molecule has 154 valence electrons. The van der Waals surface area contributed by atoms with Crippen LogP contribution < -0.4 is 5.32 Å². The molecule has 0 radical (unpaired) electrons. The Bertz CT molecular complexity index is 798. The normalized spacial score (nSPS) is 11.6. The lowest BCUT2D eigenvalue weighted by molar-refractivity contribution is -0.132. The van der Waals surface area contributed by atoms with Crippen molar-refractivity contribution in [2.45, 2.75) is 54.6 Å². The first-order valence-corrected chi connectivity index (χ1v) is 10.2. The lowest BCUT2D eigenvalue weighted by Crippen LogP contribution is -2.39. The Hall–Kier alpha value is -2.37. The van der Waals surface area contributed by atoms with E-state index < -0.39 is 0 Å². The summed E-state index contributed by atoms with van der Waals surface area (Å²) in [7, 11) is 0. The van der Waals surface area contributed by atoms with Crippen molar-refractivity contribution in [1.29, 1.82) is 0 Å². The number of hydrogen-bond acceptors (Lipinski definition) is 3. The van der Waals surface area contributed by atoms with Crippen molar-refractivity contribution in [3.05, 3.63) is 30.1 Å². The number of imidazole rings is 1. The zero-order chi connectivity index (χ0) is 20.8. The van der Waals surface area contributed by atoms with Crippen LogP contribution in [-0.4, -0.2) is 39.4 Å². The van der Waals surface area contributed by atoms with Gasteiger partial charge in [-0.05, 0) is 24.0 Å². The van der Waals surface area contributed by atoms with Gasteiger partial charge < -0.3 is 14.8 Å². The van der Waals surface area contributed by atoms with E-state index in [1.807, 2.05) is 47.6 Å². The molecule has 0 saturated heterocycles. The van der Waals surface area contributed by atoms with Gasteiger partial charge in [-0.2, -0.15) is 0 Å². The molecule has 0 aliphatic heterocycles. The Morgan fingerprint density at radius 3 is 2.21 bits per heavy atom. The molecule has 28 heavy (non-hydrogen) atoms. The molecule has 1 N–H and O–H groups in total. The van der Waals surface area contributed by atoms with Gasteiger partial charge in [0.1, 0.15) is 12.4 Å². The molecule has 0 saturated carbocycles. The van der Waals surface area contributed by atoms with Gasteiger partial charge in [-0.25, -0.2) is 4.98 Å². The van der Waals surface area contributed by atoms with Crippen molar-refractivity contribution in [3.8, 4) is 0 Å². The molecule has 6 heteroatoms. The SMILES string of the molecule is CC(C)CN(CC(C)C)C(=O)Cn1c(CNC(=O)C(C)C)nc2ccccc21. The smallest absolute Gasteiger partial charge is 0.242 e. The lowest BCUT2D eigenvalue weighted by atomic mass is 10.1. The highest BCUT2D eigenvalue weighted by Gasteiger charge is 2.20. The third-order valence-corrected chi connectivity index (χ3v) is 4.50. The van der Waals surface area contributed by atoms with Gasteiger partial charge in [-0.3, -0.25) is 9.59 Å². The fourth-order valence-electron chi connectivity index (χ4n) is 3.20. The van der Waals surface area contributed by atoms with Crippen LogP contribution in [0.1, 0.15) is 47.4 Å². The first kappa shape index (κ1) is 21.9. The minimum absolute atomic E-state index is 0.0221. The van der Waals surface area contributed by atoms with Crippen LogP contribution in [0.25, 0.3) is 11.0 Å². The number of carbonyl (C=O) groups excluding carboxylic acids is 2. The van der Waals surface area contributed by atoms with Crippen molar-refractivity contribution < 1.29 is 9.59 Å². The van der Waals surface area contributed by atoms with Crippen LogP contribution in [-0.2, 0) is 22.7 Å². The molecule has 0 spiro atoms. The molecule has 2 amide bonds. The highest BCUT2D eigenvalue weighted by molar-refractivity contribution is 5.81. The predicted octanol–water partition coefficient (Wildman–Crippen LogP) is 3.45. The second kappa shape index (κ2) is 9.71. The van der Waals surface area contributed by atoms with E-state index in [-0.39, 0.29) is 24.3 Å². The summed E-state index contributed by atoms with van der Waals surface area (Å²) in [5.74, 6) is 1.50. The molecule has 2 aromatic rings. The van der Waals surface area contributed by atoms with Crippen LogP contribution in [0.3, 0.4) is 0 Å². The Labute approximate surface area is 168 Å². The number of aromatic nitrogens is 2. The number of amides is 2. The highest BCUT2D eigenvalue weighted by atomic mass is 16.2. The summed E-state index contributed by atoms with van der Waals surface area (Å²) in [5.41, 5.74) is 1.75. The lowest BCUT2D eigenvalue weighted by Gasteiger charge is -2.27. The second-order valence-corrected chi connectivity index (χ2v) is 8.56. The molecule has 1 heterocycles. The Kier molecular flexibility index (Phi) is 7.61. The molecule has 1 aromatic heterocycles. The molecule has 0 fully saturated rings. The molecule has 0 atom stereocenters. The maximum Gasteiger partial charge on any atom is 0.242 e. The molecule has 2 rings (SSSR count). The number of hydrogen-bond donors (Lipinski definition) is 1. The van der Waals surface area contributed by atoms with Gasteiger partial charge in [-0.15, -0.1) is 0 Å². The van der Waals surface area contributed by atoms with Gasteiger partial charge in [0.15, 0.2) is 0 Å². The number of nitrogens with zero attached hydrogens (tertiary/aromatic N) is 3. The number of para-hydroxylation sites is 2.